The van der Waals surface area contributed by atoms with E-state index < -0.39 is 5.97 Å². The molecule has 0 bridgehead atoms. The van der Waals surface area contributed by atoms with Crippen molar-refractivity contribution in [2.24, 2.45) is 5.92 Å². The largest absolute Gasteiger partial charge is 0.481 e. The molecule has 0 radical (unpaired) electrons. The summed E-state index contributed by atoms with van der Waals surface area (Å²) >= 11 is 0. The molecule has 82 valence electrons. The van der Waals surface area contributed by atoms with Crippen molar-refractivity contribution in [1.82, 2.24) is 15.2 Å². The van der Waals surface area contributed by atoms with Crippen LogP contribution in [-0.4, -0.2) is 26.3 Å². The molecule has 1 aliphatic rings. The number of nitrogen functional groups attached to an aromatic ring is 1. The molecule has 2 rings (SSSR count). The zero-order valence-corrected chi connectivity index (χ0v) is 8.31. The topological polar surface area (TPSA) is 105 Å². The average molecular weight is 210 g/mol. The van der Waals surface area contributed by atoms with Gasteiger partial charge in [-0.25, -0.2) is 0 Å². The second-order valence-corrected chi connectivity index (χ2v) is 3.98. The Morgan fingerprint density at radius 2 is 2.33 bits per heavy atom. The molecule has 0 aromatic carbocycles. The summed E-state index contributed by atoms with van der Waals surface area (Å²) in [6.07, 6.45) is 3.26. The lowest BCUT2D eigenvalue weighted by Gasteiger charge is -2.24. The third-order valence-electron chi connectivity index (χ3n) is 2.93. The summed E-state index contributed by atoms with van der Waals surface area (Å²) in [5.74, 6) is 0.132. The number of hydrogen-bond acceptors (Lipinski definition) is 4. The van der Waals surface area contributed by atoms with Gasteiger partial charge in [0.15, 0.2) is 0 Å². The Balaban J connectivity index is 2.07. The molecule has 0 aliphatic heterocycles. The number of carbonyl (C=O) groups is 1. The van der Waals surface area contributed by atoms with E-state index in [2.05, 4.69) is 15.2 Å². The number of H-pyrrole nitrogens is 1. The van der Waals surface area contributed by atoms with Gasteiger partial charge in [-0.05, 0) is 19.3 Å². The van der Waals surface area contributed by atoms with E-state index in [0.717, 1.165) is 25.1 Å². The average Bonchev–Trinajstić information content (AvgIpc) is 2.65. The summed E-state index contributed by atoms with van der Waals surface area (Å²) in [4.78, 5) is 14.9. The maximum Gasteiger partial charge on any atom is 0.306 e. The molecule has 0 amide bonds. The summed E-state index contributed by atoms with van der Waals surface area (Å²) in [7, 11) is 0. The predicted octanol–water partition coefficient (Wildman–Crippen LogP) is 0.745. The van der Waals surface area contributed by atoms with Crippen LogP contribution in [0, 0.1) is 5.92 Å². The van der Waals surface area contributed by atoms with Crippen molar-refractivity contribution in [2.45, 2.75) is 31.6 Å². The van der Waals surface area contributed by atoms with Gasteiger partial charge in [-0.15, -0.1) is 5.10 Å². The SMILES string of the molecule is Nc1n[nH]c(C2CCCC(C(=O)O)C2)n1. The Morgan fingerprint density at radius 3 is 2.93 bits per heavy atom. The first-order chi connectivity index (χ1) is 7.16. The van der Waals surface area contributed by atoms with Gasteiger partial charge in [-0.2, -0.15) is 4.98 Å². The summed E-state index contributed by atoms with van der Waals surface area (Å²) in [6, 6.07) is 0. The van der Waals surface area contributed by atoms with Gasteiger partial charge in [0, 0.05) is 5.92 Å². The van der Waals surface area contributed by atoms with Crippen LogP contribution >= 0.6 is 0 Å². The van der Waals surface area contributed by atoms with E-state index >= 15 is 0 Å². The van der Waals surface area contributed by atoms with Gasteiger partial charge in [0.2, 0.25) is 5.95 Å². The van der Waals surface area contributed by atoms with Crippen molar-refractivity contribution in [3.05, 3.63) is 5.82 Å². The second kappa shape index (κ2) is 3.88. The van der Waals surface area contributed by atoms with Crippen molar-refractivity contribution in [1.29, 1.82) is 0 Å². The standard InChI is InChI=1S/C9H14N4O2/c10-9-11-7(12-13-9)5-2-1-3-6(4-5)8(14)15/h5-6H,1-4H2,(H,14,15)(H3,10,11,12,13). The van der Waals surface area contributed by atoms with Crippen molar-refractivity contribution in [3.8, 4) is 0 Å². The minimum Gasteiger partial charge on any atom is -0.481 e. The van der Waals surface area contributed by atoms with E-state index in [9.17, 15) is 4.79 Å². The highest BCUT2D eigenvalue weighted by atomic mass is 16.4. The van der Waals surface area contributed by atoms with Crippen molar-refractivity contribution in [3.63, 3.8) is 0 Å². The third-order valence-corrected chi connectivity index (χ3v) is 2.93. The molecule has 1 aliphatic carbocycles. The number of rotatable bonds is 2. The van der Waals surface area contributed by atoms with Crippen LogP contribution in [0.25, 0.3) is 0 Å². The summed E-state index contributed by atoms with van der Waals surface area (Å²) in [5, 5.41) is 15.4. The van der Waals surface area contributed by atoms with E-state index in [1.165, 1.54) is 0 Å². The molecule has 6 heteroatoms. The molecule has 15 heavy (non-hydrogen) atoms. The Labute approximate surface area is 86.9 Å². The van der Waals surface area contributed by atoms with Gasteiger partial charge >= 0.3 is 5.97 Å². The molecule has 1 aromatic heterocycles. The molecule has 4 N–H and O–H groups in total. The van der Waals surface area contributed by atoms with Crippen LogP contribution < -0.4 is 5.73 Å². The van der Waals surface area contributed by atoms with E-state index in [-0.39, 0.29) is 17.8 Å². The van der Waals surface area contributed by atoms with Gasteiger partial charge in [0.1, 0.15) is 5.82 Å². The molecule has 2 atom stereocenters. The van der Waals surface area contributed by atoms with Gasteiger partial charge < -0.3 is 10.8 Å². The predicted molar refractivity (Wildman–Crippen MR) is 53.1 cm³/mol. The van der Waals surface area contributed by atoms with Crippen LogP contribution in [-0.2, 0) is 4.79 Å². The van der Waals surface area contributed by atoms with Gasteiger partial charge in [-0.3, -0.25) is 9.89 Å². The quantitative estimate of drug-likeness (QED) is 0.667. The lowest BCUT2D eigenvalue weighted by molar-refractivity contribution is -0.143. The Hall–Kier alpha value is -1.59. The molecule has 1 saturated carbocycles. The van der Waals surface area contributed by atoms with Gasteiger partial charge in [0.25, 0.3) is 0 Å². The molecular weight excluding hydrogens is 196 g/mol. The van der Waals surface area contributed by atoms with Crippen molar-refractivity contribution < 1.29 is 9.90 Å². The first-order valence-electron chi connectivity index (χ1n) is 5.07. The van der Waals surface area contributed by atoms with Crippen LogP contribution in [0.15, 0.2) is 0 Å². The van der Waals surface area contributed by atoms with Crippen LogP contribution in [0.2, 0.25) is 0 Å². The second-order valence-electron chi connectivity index (χ2n) is 3.98. The smallest absolute Gasteiger partial charge is 0.306 e. The normalized spacial score (nSPS) is 26.4. The minimum absolute atomic E-state index is 0.157. The molecule has 1 fully saturated rings. The Bertz CT molecular complexity index is 363. The Morgan fingerprint density at radius 1 is 1.53 bits per heavy atom. The van der Waals surface area contributed by atoms with Gasteiger partial charge in [0.05, 0.1) is 5.92 Å². The zero-order valence-electron chi connectivity index (χ0n) is 8.31. The highest BCUT2D eigenvalue weighted by molar-refractivity contribution is 5.70. The number of hydrogen-bond donors (Lipinski definition) is 3. The van der Waals surface area contributed by atoms with Crippen LogP contribution in [0.3, 0.4) is 0 Å². The highest BCUT2D eigenvalue weighted by Crippen LogP contribution is 2.34. The number of nitrogens with zero attached hydrogens (tertiary/aromatic N) is 2. The summed E-state index contributed by atoms with van der Waals surface area (Å²) in [6.45, 7) is 0. The van der Waals surface area contributed by atoms with E-state index in [0.29, 0.717) is 6.42 Å². The van der Waals surface area contributed by atoms with Gasteiger partial charge in [-0.1, -0.05) is 6.42 Å². The summed E-state index contributed by atoms with van der Waals surface area (Å²) < 4.78 is 0. The highest BCUT2D eigenvalue weighted by Gasteiger charge is 2.29. The van der Waals surface area contributed by atoms with Crippen LogP contribution in [0.4, 0.5) is 5.95 Å². The lowest BCUT2D eigenvalue weighted by atomic mass is 9.81. The van der Waals surface area contributed by atoms with E-state index in [1.807, 2.05) is 0 Å². The minimum atomic E-state index is -0.716. The fraction of sp³-hybridized carbons (Fsp3) is 0.667. The van der Waals surface area contributed by atoms with Crippen molar-refractivity contribution >= 4 is 11.9 Å². The maximum absolute atomic E-state index is 10.9. The maximum atomic E-state index is 10.9. The number of carboxylic acid groups (broad SMARTS) is 1. The van der Waals surface area contributed by atoms with E-state index in [1.54, 1.807) is 0 Å². The fourth-order valence-electron chi connectivity index (χ4n) is 2.13. The molecule has 0 saturated heterocycles. The number of nitrogens with two attached hydrogens (primary N) is 1. The number of anilines is 1. The molecule has 2 unspecified atom stereocenters. The van der Waals surface area contributed by atoms with E-state index in [4.69, 9.17) is 10.8 Å². The number of carboxylic acids is 1. The molecule has 1 aromatic rings. The third kappa shape index (κ3) is 2.08. The van der Waals surface area contributed by atoms with Crippen molar-refractivity contribution in [2.75, 3.05) is 5.73 Å². The number of aromatic nitrogens is 3. The molecule has 6 nitrogen and oxygen atoms in total. The number of aliphatic carboxylic acids is 1. The lowest BCUT2D eigenvalue weighted by Crippen LogP contribution is -2.22. The van der Waals surface area contributed by atoms with Crippen LogP contribution in [0.1, 0.15) is 37.4 Å². The first kappa shape index (κ1) is 9.95. The number of nitrogens with one attached hydrogen (secondary N) is 1. The Kier molecular flexibility index (Phi) is 2.57. The number of aromatic amines is 1. The molecule has 1 heterocycles. The molecule has 0 spiro atoms. The molecular formula is C9H14N4O2. The zero-order chi connectivity index (χ0) is 10.8. The first-order valence-corrected chi connectivity index (χ1v) is 5.07. The van der Waals surface area contributed by atoms with Crippen LogP contribution in [0.5, 0.6) is 0 Å². The monoisotopic (exact) mass is 210 g/mol. The summed E-state index contributed by atoms with van der Waals surface area (Å²) in [5.41, 5.74) is 5.41. The fourth-order valence-corrected chi connectivity index (χ4v) is 2.13.